The van der Waals surface area contributed by atoms with Crippen molar-refractivity contribution in [2.45, 2.75) is 72.3 Å². The van der Waals surface area contributed by atoms with Gasteiger partial charge in [-0.1, -0.05) is 34.1 Å². The first-order chi connectivity index (χ1) is 8.40. The first kappa shape index (κ1) is 15.5. The normalized spacial score (nSPS) is 28.4. The molecule has 1 rings (SSSR count). The van der Waals surface area contributed by atoms with Crippen molar-refractivity contribution < 1.29 is 5.11 Å². The van der Waals surface area contributed by atoms with Crippen LogP contribution in [0.15, 0.2) is 0 Å². The van der Waals surface area contributed by atoms with E-state index in [-0.39, 0.29) is 5.92 Å². The van der Waals surface area contributed by atoms with E-state index in [0.29, 0.717) is 11.3 Å². The summed E-state index contributed by atoms with van der Waals surface area (Å²) in [5, 5.41) is 19.5. The average molecular weight is 251 g/mol. The molecule has 0 aromatic rings. The van der Waals surface area contributed by atoms with Crippen molar-refractivity contribution in [2.75, 3.05) is 0 Å². The van der Waals surface area contributed by atoms with E-state index in [2.05, 4.69) is 33.8 Å². The van der Waals surface area contributed by atoms with Crippen LogP contribution in [0.1, 0.15) is 66.2 Å². The average Bonchev–Trinajstić information content (AvgIpc) is 2.34. The number of aliphatic hydroxyl groups is 1. The van der Waals surface area contributed by atoms with Crippen LogP contribution >= 0.6 is 0 Å². The highest BCUT2D eigenvalue weighted by molar-refractivity contribution is 4.93. The number of hydrogen-bond acceptors (Lipinski definition) is 2. The maximum Gasteiger partial charge on any atom is 0.0726 e. The minimum absolute atomic E-state index is 0.161. The first-order valence-electron chi connectivity index (χ1n) is 7.47. The van der Waals surface area contributed by atoms with Gasteiger partial charge in [0.2, 0.25) is 0 Å². The van der Waals surface area contributed by atoms with Gasteiger partial charge in [0, 0.05) is 0 Å². The fraction of sp³-hybridized carbons (Fsp3) is 0.938. The molecule has 0 bridgehead atoms. The minimum atomic E-state index is -0.407. The fourth-order valence-corrected chi connectivity index (χ4v) is 3.28. The second kappa shape index (κ2) is 6.57. The Labute approximate surface area is 112 Å². The molecule has 0 aromatic heterocycles. The zero-order valence-corrected chi connectivity index (χ0v) is 12.4. The standard InChI is InChI=1S/C16H29NO/c1-5-6-13(11-17)15(18)12-7-9-14(10-8-12)16(2,3)4/h12-15,18H,5-10H2,1-4H3. The van der Waals surface area contributed by atoms with Gasteiger partial charge in [0.25, 0.3) is 0 Å². The molecule has 0 saturated heterocycles. The highest BCUT2D eigenvalue weighted by Crippen LogP contribution is 2.41. The van der Waals surface area contributed by atoms with E-state index in [1.54, 1.807) is 0 Å². The van der Waals surface area contributed by atoms with Gasteiger partial charge < -0.3 is 5.11 Å². The molecule has 2 unspecified atom stereocenters. The highest BCUT2D eigenvalue weighted by atomic mass is 16.3. The monoisotopic (exact) mass is 251 g/mol. The molecule has 1 aliphatic rings. The molecular formula is C16H29NO. The van der Waals surface area contributed by atoms with Crippen LogP contribution in [0, 0.1) is 34.5 Å². The lowest BCUT2D eigenvalue weighted by atomic mass is 9.68. The topological polar surface area (TPSA) is 44.0 Å². The quantitative estimate of drug-likeness (QED) is 0.816. The Morgan fingerprint density at radius 1 is 1.22 bits per heavy atom. The van der Waals surface area contributed by atoms with Crippen LogP contribution < -0.4 is 0 Å². The maximum absolute atomic E-state index is 10.3. The molecule has 2 heteroatoms. The van der Waals surface area contributed by atoms with Crippen LogP contribution in [0.5, 0.6) is 0 Å². The molecule has 1 aliphatic carbocycles. The van der Waals surface area contributed by atoms with Crippen molar-refractivity contribution in [1.29, 1.82) is 5.26 Å². The Kier molecular flexibility index (Phi) is 5.66. The van der Waals surface area contributed by atoms with Crippen LogP contribution in [0.3, 0.4) is 0 Å². The zero-order chi connectivity index (χ0) is 13.8. The van der Waals surface area contributed by atoms with Crippen LogP contribution in [-0.2, 0) is 0 Å². The Morgan fingerprint density at radius 3 is 2.17 bits per heavy atom. The third-order valence-corrected chi connectivity index (χ3v) is 4.66. The summed E-state index contributed by atoms with van der Waals surface area (Å²) in [6, 6.07) is 2.29. The molecule has 0 heterocycles. The minimum Gasteiger partial charge on any atom is -0.391 e. The lowest BCUT2D eigenvalue weighted by molar-refractivity contribution is 0.0271. The summed E-state index contributed by atoms with van der Waals surface area (Å²) in [6.45, 7) is 9.00. The van der Waals surface area contributed by atoms with Crippen molar-refractivity contribution >= 4 is 0 Å². The van der Waals surface area contributed by atoms with Crippen molar-refractivity contribution in [3.05, 3.63) is 0 Å². The van der Waals surface area contributed by atoms with Crippen LogP contribution in [0.2, 0.25) is 0 Å². The molecule has 2 nitrogen and oxygen atoms in total. The lowest BCUT2D eigenvalue weighted by Gasteiger charge is -2.39. The van der Waals surface area contributed by atoms with Crippen molar-refractivity contribution in [3.8, 4) is 6.07 Å². The van der Waals surface area contributed by atoms with E-state index in [1.165, 1.54) is 12.8 Å². The van der Waals surface area contributed by atoms with E-state index in [9.17, 15) is 5.11 Å². The van der Waals surface area contributed by atoms with Gasteiger partial charge >= 0.3 is 0 Å². The van der Waals surface area contributed by atoms with Crippen molar-refractivity contribution in [1.82, 2.24) is 0 Å². The van der Waals surface area contributed by atoms with Gasteiger partial charge in [-0.3, -0.25) is 0 Å². The van der Waals surface area contributed by atoms with E-state index >= 15 is 0 Å². The molecular weight excluding hydrogens is 222 g/mol. The predicted molar refractivity (Wildman–Crippen MR) is 74.9 cm³/mol. The lowest BCUT2D eigenvalue weighted by Crippen LogP contribution is -2.34. The van der Waals surface area contributed by atoms with Gasteiger partial charge in [-0.15, -0.1) is 0 Å². The molecule has 104 valence electrons. The molecule has 0 aliphatic heterocycles. The molecule has 1 saturated carbocycles. The van der Waals surface area contributed by atoms with Gasteiger partial charge in [0.1, 0.15) is 0 Å². The molecule has 1 fully saturated rings. The molecule has 0 amide bonds. The second-order valence-corrected chi connectivity index (χ2v) is 6.99. The summed E-state index contributed by atoms with van der Waals surface area (Å²) in [5.74, 6) is 0.957. The van der Waals surface area contributed by atoms with Crippen LogP contribution in [0.4, 0.5) is 0 Å². The maximum atomic E-state index is 10.3. The summed E-state index contributed by atoms with van der Waals surface area (Å²) < 4.78 is 0. The van der Waals surface area contributed by atoms with Gasteiger partial charge in [-0.05, 0) is 49.4 Å². The number of rotatable bonds is 4. The molecule has 2 atom stereocenters. The van der Waals surface area contributed by atoms with E-state index in [0.717, 1.165) is 31.6 Å². The number of nitrogens with zero attached hydrogens (tertiary/aromatic N) is 1. The number of hydrogen-bond donors (Lipinski definition) is 1. The third-order valence-electron chi connectivity index (χ3n) is 4.66. The Morgan fingerprint density at radius 2 is 1.78 bits per heavy atom. The largest absolute Gasteiger partial charge is 0.391 e. The molecule has 18 heavy (non-hydrogen) atoms. The van der Waals surface area contributed by atoms with Gasteiger partial charge in [0.05, 0.1) is 18.1 Å². The van der Waals surface area contributed by atoms with Crippen molar-refractivity contribution in [2.24, 2.45) is 23.2 Å². The van der Waals surface area contributed by atoms with Crippen LogP contribution in [-0.4, -0.2) is 11.2 Å². The van der Waals surface area contributed by atoms with Crippen molar-refractivity contribution in [3.63, 3.8) is 0 Å². The van der Waals surface area contributed by atoms with Crippen LogP contribution in [0.25, 0.3) is 0 Å². The predicted octanol–water partition coefficient (Wildman–Crippen LogP) is 4.14. The van der Waals surface area contributed by atoms with Gasteiger partial charge in [-0.2, -0.15) is 5.26 Å². The molecule has 0 radical (unpaired) electrons. The second-order valence-electron chi connectivity index (χ2n) is 6.99. The molecule has 1 N–H and O–H groups in total. The fourth-order valence-electron chi connectivity index (χ4n) is 3.28. The Hall–Kier alpha value is -0.550. The Bertz CT molecular complexity index is 278. The zero-order valence-electron chi connectivity index (χ0n) is 12.4. The first-order valence-corrected chi connectivity index (χ1v) is 7.47. The SMILES string of the molecule is CCCC(C#N)C(O)C1CCC(C(C)(C)C)CC1. The molecule has 0 aromatic carbocycles. The van der Waals surface area contributed by atoms with E-state index in [1.807, 2.05) is 0 Å². The number of aliphatic hydroxyl groups excluding tert-OH is 1. The smallest absolute Gasteiger partial charge is 0.0726 e. The third kappa shape index (κ3) is 3.99. The number of nitriles is 1. The summed E-state index contributed by atoms with van der Waals surface area (Å²) in [5.41, 5.74) is 0.383. The highest BCUT2D eigenvalue weighted by Gasteiger charge is 2.34. The summed E-state index contributed by atoms with van der Waals surface area (Å²) in [4.78, 5) is 0. The summed E-state index contributed by atoms with van der Waals surface area (Å²) in [7, 11) is 0. The molecule has 0 spiro atoms. The summed E-state index contributed by atoms with van der Waals surface area (Å²) >= 11 is 0. The van der Waals surface area contributed by atoms with Gasteiger partial charge in [-0.25, -0.2) is 0 Å². The van der Waals surface area contributed by atoms with E-state index in [4.69, 9.17) is 5.26 Å². The van der Waals surface area contributed by atoms with Gasteiger partial charge in [0.15, 0.2) is 0 Å². The van der Waals surface area contributed by atoms with E-state index < -0.39 is 6.10 Å². The Balaban J connectivity index is 2.50. The summed E-state index contributed by atoms with van der Waals surface area (Å²) in [6.07, 6.45) is 5.99.